The average molecular weight is 397 g/mol. The van der Waals surface area contributed by atoms with E-state index in [0.717, 1.165) is 64.5 Å². The monoisotopic (exact) mass is 396 g/mol. The fourth-order valence-electron chi connectivity index (χ4n) is 4.21. The van der Waals surface area contributed by atoms with Gasteiger partial charge in [-0.2, -0.15) is 0 Å². The van der Waals surface area contributed by atoms with Crippen molar-refractivity contribution < 1.29 is 9.84 Å². The Morgan fingerprint density at radius 2 is 1.86 bits per heavy atom. The SMILES string of the molecule is OCCCc1ccc(N2CCC[C@@H](Nc3cc(N4CCOCC4)ccn3)C2)cc1. The number of aliphatic hydroxyl groups is 1. The molecule has 2 aromatic rings. The Morgan fingerprint density at radius 3 is 2.66 bits per heavy atom. The number of aliphatic hydroxyl groups excluding tert-OH is 1. The molecular formula is C23H32N4O2. The number of rotatable bonds is 7. The molecule has 0 bridgehead atoms. The van der Waals surface area contributed by atoms with Gasteiger partial charge in [-0.25, -0.2) is 4.98 Å². The van der Waals surface area contributed by atoms with Crippen molar-refractivity contribution >= 4 is 17.2 Å². The Morgan fingerprint density at radius 1 is 1.03 bits per heavy atom. The number of aromatic nitrogens is 1. The second-order valence-corrected chi connectivity index (χ2v) is 7.92. The highest BCUT2D eigenvalue weighted by molar-refractivity contribution is 5.55. The molecule has 2 N–H and O–H groups in total. The van der Waals surface area contributed by atoms with E-state index in [9.17, 15) is 0 Å². The van der Waals surface area contributed by atoms with Crippen LogP contribution >= 0.6 is 0 Å². The highest BCUT2D eigenvalue weighted by Gasteiger charge is 2.21. The molecule has 0 saturated carbocycles. The van der Waals surface area contributed by atoms with Crippen LogP contribution in [0.3, 0.4) is 0 Å². The number of benzene rings is 1. The van der Waals surface area contributed by atoms with E-state index < -0.39 is 0 Å². The van der Waals surface area contributed by atoms with Crippen molar-refractivity contribution in [2.24, 2.45) is 0 Å². The largest absolute Gasteiger partial charge is 0.396 e. The third kappa shape index (κ3) is 5.40. The summed E-state index contributed by atoms with van der Waals surface area (Å²) >= 11 is 0. The van der Waals surface area contributed by atoms with Gasteiger partial charge in [-0.1, -0.05) is 12.1 Å². The molecule has 0 radical (unpaired) electrons. The molecule has 0 amide bonds. The number of hydrogen-bond acceptors (Lipinski definition) is 6. The first-order valence-corrected chi connectivity index (χ1v) is 10.8. The molecule has 29 heavy (non-hydrogen) atoms. The Kier molecular flexibility index (Phi) is 6.85. The van der Waals surface area contributed by atoms with Crippen LogP contribution in [0.5, 0.6) is 0 Å². The summed E-state index contributed by atoms with van der Waals surface area (Å²) < 4.78 is 5.46. The summed E-state index contributed by atoms with van der Waals surface area (Å²) in [5, 5.41) is 12.7. The summed E-state index contributed by atoms with van der Waals surface area (Å²) in [6.45, 7) is 5.80. The zero-order valence-corrected chi connectivity index (χ0v) is 17.1. The van der Waals surface area contributed by atoms with Crippen LogP contribution in [0.1, 0.15) is 24.8 Å². The van der Waals surface area contributed by atoms with Crippen LogP contribution in [0.15, 0.2) is 42.6 Å². The van der Waals surface area contributed by atoms with Gasteiger partial charge in [0.2, 0.25) is 0 Å². The van der Waals surface area contributed by atoms with E-state index in [2.05, 4.69) is 56.5 Å². The first-order chi connectivity index (χ1) is 14.3. The number of aryl methyl sites for hydroxylation is 1. The number of hydrogen-bond donors (Lipinski definition) is 2. The number of nitrogens with zero attached hydrogens (tertiary/aromatic N) is 3. The summed E-state index contributed by atoms with van der Waals surface area (Å²) in [5.74, 6) is 0.959. The molecule has 4 rings (SSSR count). The van der Waals surface area contributed by atoms with Gasteiger partial charge in [0.05, 0.1) is 13.2 Å². The summed E-state index contributed by atoms with van der Waals surface area (Å²) in [4.78, 5) is 9.38. The fourth-order valence-corrected chi connectivity index (χ4v) is 4.21. The lowest BCUT2D eigenvalue weighted by molar-refractivity contribution is 0.122. The lowest BCUT2D eigenvalue weighted by Crippen LogP contribution is -2.42. The van der Waals surface area contributed by atoms with Crippen LogP contribution < -0.4 is 15.1 Å². The molecule has 3 heterocycles. The first kappa shape index (κ1) is 20.0. The number of pyridine rings is 1. The molecule has 156 valence electrons. The maximum atomic E-state index is 9.00. The topological polar surface area (TPSA) is 60.9 Å². The van der Waals surface area contributed by atoms with Gasteiger partial charge in [0, 0.05) is 62.5 Å². The van der Waals surface area contributed by atoms with Gasteiger partial charge in [0.15, 0.2) is 0 Å². The van der Waals surface area contributed by atoms with E-state index in [1.165, 1.54) is 23.4 Å². The highest BCUT2D eigenvalue weighted by atomic mass is 16.5. The van der Waals surface area contributed by atoms with Crippen molar-refractivity contribution in [3.05, 3.63) is 48.2 Å². The summed E-state index contributed by atoms with van der Waals surface area (Å²) in [6, 6.07) is 13.5. The van der Waals surface area contributed by atoms with Gasteiger partial charge in [-0.05, 0) is 49.4 Å². The molecule has 0 spiro atoms. The molecule has 1 aromatic heterocycles. The number of morpholine rings is 1. The predicted octanol–water partition coefficient (Wildman–Crippen LogP) is 2.92. The molecule has 0 aliphatic carbocycles. The normalized spacial score (nSPS) is 20.0. The first-order valence-electron chi connectivity index (χ1n) is 10.8. The van der Waals surface area contributed by atoms with Gasteiger partial charge in [-0.3, -0.25) is 0 Å². The number of nitrogens with one attached hydrogen (secondary N) is 1. The minimum atomic E-state index is 0.252. The molecule has 2 saturated heterocycles. The van der Waals surface area contributed by atoms with Crippen LogP contribution in [0, 0.1) is 0 Å². The standard InChI is InChI=1S/C23H32N4O2/c28-14-2-3-19-5-7-21(8-6-19)27-11-1-4-20(18-27)25-23-17-22(9-10-24-23)26-12-15-29-16-13-26/h5-10,17,20,28H,1-4,11-16,18H2,(H,24,25)/t20-/m1/s1. The van der Waals surface area contributed by atoms with Gasteiger partial charge in [0.25, 0.3) is 0 Å². The molecule has 6 heteroatoms. The van der Waals surface area contributed by atoms with Crippen molar-refractivity contribution in [2.75, 3.05) is 61.1 Å². The van der Waals surface area contributed by atoms with E-state index in [-0.39, 0.29) is 6.61 Å². The lowest BCUT2D eigenvalue weighted by atomic mass is 10.0. The van der Waals surface area contributed by atoms with Crippen molar-refractivity contribution in [1.29, 1.82) is 0 Å². The second-order valence-electron chi connectivity index (χ2n) is 7.92. The third-order valence-electron chi connectivity index (χ3n) is 5.82. The Bertz CT molecular complexity index is 762. The van der Waals surface area contributed by atoms with Gasteiger partial charge >= 0.3 is 0 Å². The maximum Gasteiger partial charge on any atom is 0.128 e. The Hall–Kier alpha value is -2.31. The minimum Gasteiger partial charge on any atom is -0.396 e. The molecule has 2 fully saturated rings. The van der Waals surface area contributed by atoms with E-state index in [4.69, 9.17) is 9.84 Å². The maximum absolute atomic E-state index is 9.00. The minimum absolute atomic E-state index is 0.252. The zero-order chi connectivity index (χ0) is 19.9. The number of piperidine rings is 1. The summed E-state index contributed by atoms with van der Waals surface area (Å²) in [6.07, 6.45) is 6.00. The average Bonchev–Trinajstić information content (AvgIpc) is 2.79. The molecule has 6 nitrogen and oxygen atoms in total. The van der Waals surface area contributed by atoms with E-state index in [1.54, 1.807) is 0 Å². The number of anilines is 3. The van der Waals surface area contributed by atoms with Gasteiger partial charge in [-0.15, -0.1) is 0 Å². The van der Waals surface area contributed by atoms with Crippen LogP contribution in [0.2, 0.25) is 0 Å². The number of ether oxygens (including phenoxy) is 1. The quantitative estimate of drug-likeness (QED) is 0.750. The highest BCUT2D eigenvalue weighted by Crippen LogP contribution is 2.24. The molecule has 1 atom stereocenters. The second kappa shape index (κ2) is 9.94. The predicted molar refractivity (Wildman–Crippen MR) is 118 cm³/mol. The van der Waals surface area contributed by atoms with Crippen LogP contribution in [0.25, 0.3) is 0 Å². The molecule has 0 unspecified atom stereocenters. The lowest BCUT2D eigenvalue weighted by Gasteiger charge is -2.35. The molecule has 1 aromatic carbocycles. The Balaban J connectivity index is 1.36. The van der Waals surface area contributed by atoms with E-state index >= 15 is 0 Å². The van der Waals surface area contributed by atoms with E-state index in [1.807, 2.05) is 6.20 Å². The smallest absolute Gasteiger partial charge is 0.128 e. The van der Waals surface area contributed by atoms with E-state index in [0.29, 0.717) is 6.04 Å². The van der Waals surface area contributed by atoms with Crippen molar-refractivity contribution in [3.63, 3.8) is 0 Å². The third-order valence-corrected chi connectivity index (χ3v) is 5.82. The molecule has 2 aliphatic rings. The summed E-state index contributed by atoms with van der Waals surface area (Å²) in [7, 11) is 0. The summed E-state index contributed by atoms with van der Waals surface area (Å²) in [5.41, 5.74) is 3.79. The van der Waals surface area contributed by atoms with Crippen molar-refractivity contribution in [3.8, 4) is 0 Å². The van der Waals surface area contributed by atoms with Crippen LogP contribution in [-0.2, 0) is 11.2 Å². The van der Waals surface area contributed by atoms with Gasteiger partial charge < -0.3 is 25.0 Å². The van der Waals surface area contributed by atoms with Crippen LogP contribution in [0.4, 0.5) is 17.2 Å². The van der Waals surface area contributed by atoms with Gasteiger partial charge in [0.1, 0.15) is 5.82 Å². The Labute approximate surface area is 173 Å². The fraction of sp³-hybridized carbons (Fsp3) is 0.522. The molecular weight excluding hydrogens is 364 g/mol. The molecule has 2 aliphatic heterocycles. The van der Waals surface area contributed by atoms with Crippen molar-refractivity contribution in [2.45, 2.75) is 31.7 Å². The van der Waals surface area contributed by atoms with Crippen LogP contribution in [-0.4, -0.2) is 62.1 Å². The van der Waals surface area contributed by atoms with Crippen molar-refractivity contribution in [1.82, 2.24) is 4.98 Å². The zero-order valence-electron chi connectivity index (χ0n) is 17.1.